The zero-order valence-corrected chi connectivity index (χ0v) is 12.5. The zero-order valence-electron chi connectivity index (χ0n) is 10.9. The molecule has 1 saturated heterocycles. The number of carbonyl (C=O) groups is 2. The van der Waals surface area contributed by atoms with Crippen LogP contribution in [0.5, 0.6) is 0 Å². The van der Waals surface area contributed by atoms with Crippen molar-refractivity contribution in [3.63, 3.8) is 0 Å². The summed E-state index contributed by atoms with van der Waals surface area (Å²) in [6, 6.07) is 3.37. The van der Waals surface area contributed by atoms with Gasteiger partial charge in [0.15, 0.2) is 0 Å². The van der Waals surface area contributed by atoms with Gasteiger partial charge in [-0.3, -0.25) is 14.5 Å². The van der Waals surface area contributed by atoms with E-state index in [1.54, 1.807) is 19.1 Å². The maximum atomic E-state index is 13.7. The van der Waals surface area contributed by atoms with Gasteiger partial charge in [0.2, 0.25) is 5.91 Å². The van der Waals surface area contributed by atoms with Crippen molar-refractivity contribution in [2.75, 3.05) is 4.90 Å². The minimum atomic E-state index is -0.627. The third-order valence-electron chi connectivity index (χ3n) is 3.84. The molecule has 2 unspecified atom stereocenters. The Balaban J connectivity index is 1.97. The van der Waals surface area contributed by atoms with Gasteiger partial charge in [0.1, 0.15) is 17.9 Å². The van der Waals surface area contributed by atoms with Crippen LogP contribution in [-0.4, -0.2) is 23.9 Å². The minimum Gasteiger partial charge on any atom is -0.342 e. The second kappa shape index (κ2) is 4.84. The summed E-state index contributed by atoms with van der Waals surface area (Å²) in [7, 11) is 0. The van der Waals surface area contributed by atoms with E-state index in [0.717, 1.165) is 12.8 Å². The van der Waals surface area contributed by atoms with Gasteiger partial charge in [-0.2, -0.15) is 0 Å². The van der Waals surface area contributed by atoms with Crippen molar-refractivity contribution in [3.8, 4) is 0 Å². The molecule has 0 spiro atoms. The van der Waals surface area contributed by atoms with E-state index < -0.39 is 17.9 Å². The van der Waals surface area contributed by atoms with Gasteiger partial charge in [0.25, 0.3) is 5.91 Å². The van der Waals surface area contributed by atoms with Crippen LogP contribution in [-0.2, 0) is 9.59 Å². The SMILES string of the molecule is CC1C(=O)NC(C2CC2)C(=O)N1c1ccc(Br)c(F)c1. The molecule has 3 rings (SSSR count). The van der Waals surface area contributed by atoms with Gasteiger partial charge >= 0.3 is 0 Å². The lowest BCUT2D eigenvalue weighted by molar-refractivity contribution is -0.134. The van der Waals surface area contributed by atoms with Crippen molar-refractivity contribution >= 4 is 33.4 Å². The van der Waals surface area contributed by atoms with Crippen molar-refractivity contribution < 1.29 is 14.0 Å². The lowest BCUT2D eigenvalue weighted by Gasteiger charge is -2.37. The third kappa shape index (κ3) is 2.22. The lowest BCUT2D eigenvalue weighted by Crippen LogP contribution is -2.63. The molecule has 1 aliphatic heterocycles. The van der Waals surface area contributed by atoms with Crippen LogP contribution in [0.4, 0.5) is 10.1 Å². The van der Waals surface area contributed by atoms with Crippen molar-refractivity contribution in [1.82, 2.24) is 5.32 Å². The van der Waals surface area contributed by atoms with E-state index in [0.29, 0.717) is 10.2 Å². The van der Waals surface area contributed by atoms with Crippen molar-refractivity contribution in [2.24, 2.45) is 5.92 Å². The Hall–Kier alpha value is -1.43. The topological polar surface area (TPSA) is 49.4 Å². The predicted octanol–water partition coefficient (Wildman–Crippen LogP) is 2.22. The fraction of sp³-hybridized carbons (Fsp3) is 0.429. The summed E-state index contributed by atoms with van der Waals surface area (Å²) < 4.78 is 14.0. The molecule has 1 aliphatic carbocycles. The molecule has 1 N–H and O–H groups in total. The molecular weight excluding hydrogens is 327 g/mol. The molecule has 0 radical (unpaired) electrons. The molecule has 0 bridgehead atoms. The predicted molar refractivity (Wildman–Crippen MR) is 75.7 cm³/mol. The summed E-state index contributed by atoms with van der Waals surface area (Å²) in [5.41, 5.74) is 0.420. The summed E-state index contributed by atoms with van der Waals surface area (Å²) in [6.07, 6.45) is 1.90. The van der Waals surface area contributed by atoms with E-state index >= 15 is 0 Å². The van der Waals surface area contributed by atoms with Gasteiger partial charge in [-0.15, -0.1) is 0 Å². The van der Waals surface area contributed by atoms with Crippen LogP contribution in [0.3, 0.4) is 0 Å². The van der Waals surface area contributed by atoms with Crippen LogP contribution >= 0.6 is 15.9 Å². The van der Waals surface area contributed by atoms with Gasteiger partial charge < -0.3 is 5.32 Å². The normalized spacial score (nSPS) is 26.6. The van der Waals surface area contributed by atoms with Crippen LogP contribution in [0, 0.1) is 11.7 Å². The minimum absolute atomic E-state index is 0.152. The summed E-state index contributed by atoms with van der Waals surface area (Å²) in [5.74, 6) is -0.565. The van der Waals surface area contributed by atoms with Gasteiger partial charge in [0.05, 0.1) is 4.47 Å². The lowest BCUT2D eigenvalue weighted by atomic mass is 10.0. The maximum Gasteiger partial charge on any atom is 0.250 e. The molecule has 20 heavy (non-hydrogen) atoms. The average molecular weight is 341 g/mol. The number of benzene rings is 1. The number of nitrogens with one attached hydrogen (secondary N) is 1. The van der Waals surface area contributed by atoms with E-state index in [1.807, 2.05) is 0 Å². The Kier molecular flexibility index (Phi) is 3.28. The molecule has 4 nitrogen and oxygen atoms in total. The van der Waals surface area contributed by atoms with Gasteiger partial charge in [-0.05, 0) is 59.8 Å². The van der Waals surface area contributed by atoms with Crippen LogP contribution < -0.4 is 10.2 Å². The Morgan fingerprint density at radius 3 is 2.65 bits per heavy atom. The first-order chi connectivity index (χ1) is 9.49. The molecule has 106 valence electrons. The molecule has 1 aromatic carbocycles. The second-order valence-electron chi connectivity index (χ2n) is 5.31. The Bertz CT molecular complexity index is 589. The van der Waals surface area contributed by atoms with Crippen molar-refractivity contribution in [2.45, 2.75) is 31.8 Å². The van der Waals surface area contributed by atoms with Crippen LogP contribution in [0.1, 0.15) is 19.8 Å². The number of piperazine rings is 1. The van der Waals surface area contributed by atoms with E-state index in [4.69, 9.17) is 0 Å². The standard InChI is InChI=1S/C14H14BrFN2O2/c1-7-13(19)17-12(8-2-3-8)14(20)18(7)9-4-5-10(15)11(16)6-9/h4-8,12H,2-3H2,1H3,(H,17,19). The molecule has 6 heteroatoms. The Morgan fingerprint density at radius 1 is 1.35 bits per heavy atom. The first-order valence-electron chi connectivity index (χ1n) is 6.57. The fourth-order valence-corrected chi connectivity index (χ4v) is 2.77. The summed E-state index contributed by atoms with van der Waals surface area (Å²) in [6.45, 7) is 1.65. The van der Waals surface area contributed by atoms with Crippen LogP contribution in [0.25, 0.3) is 0 Å². The van der Waals surface area contributed by atoms with Crippen molar-refractivity contribution in [1.29, 1.82) is 0 Å². The number of amides is 2. The Morgan fingerprint density at radius 2 is 2.05 bits per heavy atom. The number of nitrogens with zero attached hydrogens (tertiary/aromatic N) is 1. The number of hydrogen-bond donors (Lipinski definition) is 1. The van der Waals surface area contributed by atoms with Gasteiger partial charge in [-0.25, -0.2) is 4.39 Å². The molecule has 2 atom stereocenters. The largest absolute Gasteiger partial charge is 0.342 e. The average Bonchev–Trinajstić information content (AvgIpc) is 3.22. The van der Waals surface area contributed by atoms with E-state index in [1.165, 1.54) is 11.0 Å². The highest BCUT2D eigenvalue weighted by Gasteiger charge is 2.46. The monoisotopic (exact) mass is 340 g/mol. The van der Waals surface area contributed by atoms with Crippen LogP contribution in [0.2, 0.25) is 0 Å². The quantitative estimate of drug-likeness (QED) is 0.897. The Labute approximate surface area is 124 Å². The highest BCUT2D eigenvalue weighted by Crippen LogP contribution is 2.36. The summed E-state index contributed by atoms with van der Waals surface area (Å²) in [5, 5.41) is 2.77. The maximum absolute atomic E-state index is 13.7. The molecule has 1 saturated carbocycles. The van der Waals surface area contributed by atoms with Gasteiger partial charge in [-0.1, -0.05) is 0 Å². The molecule has 1 aromatic rings. The van der Waals surface area contributed by atoms with Gasteiger partial charge in [0, 0.05) is 5.69 Å². The van der Waals surface area contributed by atoms with E-state index in [-0.39, 0.29) is 17.7 Å². The molecular formula is C14H14BrFN2O2. The third-order valence-corrected chi connectivity index (χ3v) is 4.49. The number of rotatable bonds is 2. The van der Waals surface area contributed by atoms with E-state index in [2.05, 4.69) is 21.2 Å². The number of halogens is 2. The highest BCUT2D eigenvalue weighted by molar-refractivity contribution is 9.10. The number of carbonyl (C=O) groups excluding carboxylic acids is 2. The molecule has 2 fully saturated rings. The summed E-state index contributed by atoms with van der Waals surface area (Å²) in [4.78, 5) is 25.9. The first-order valence-corrected chi connectivity index (χ1v) is 7.37. The molecule has 2 aliphatic rings. The highest BCUT2D eigenvalue weighted by atomic mass is 79.9. The second-order valence-corrected chi connectivity index (χ2v) is 6.16. The van der Waals surface area contributed by atoms with E-state index in [9.17, 15) is 14.0 Å². The fourth-order valence-electron chi connectivity index (χ4n) is 2.53. The van der Waals surface area contributed by atoms with Crippen LogP contribution in [0.15, 0.2) is 22.7 Å². The zero-order chi connectivity index (χ0) is 14.4. The summed E-state index contributed by atoms with van der Waals surface area (Å²) >= 11 is 3.08. The molecule has 1 heterocycles. The molecule has 2 amide bonds. The number of anilines is 1. The molecule has 0 aromatic heterocycles. The first kappa shape index (κ1) is 13.5. The number of hydrogen-bond acceptors (Lipinski definition) is 2. The smallest absolute Gasteiger partial charge is 0.250 e. The van der Waals surface area contributed by atoms with Crippen molar-refractivity contribution in [3.05, 3.63) is 28.5 Å².